The van der Waals surface area contributed by atoms with Gasteiger partial charge >= 0.3 is 0 Å². The number of hydrogen-bond donors (Lipinski definition) is 0. The van der Waals surface area contributed by atoms with Crippen LogP contribution in [0.25, 0.3) is 82.1 Å². The molecule has 0 aliphatic rings. The van der Waals surface area contributed by atoms with Crippen molar-refractivity contribution in [1.82, 2.24) is 9.13 Å². The van der Waals surface area contributed by atoms with Crippen molar-refractivity contribution >= 4 is 49.3 Å². The first-order valence-electron chi connectivity index (χ1n) is 15.9. The van der Waals surface area contributed by atoms with E-state index < -0.39 is 0 Å². The zero-order valence-electron chi connectivity index (χ0n) is 25.8. The Morgan fingerprint density at radius 2 is 1.02 bits per heavy atom. The van der Waals surface area contributed by atoms with Crippen LogP contribution < -0.4 is 0 Å². The quantitative estimate of drug-likeness (QED) is 0.183. The second-order valence-corrected chi connectivity index (χ2v) is 12.0. The van der Waals surface area contributed by atoms with Crippen molar-refractivity contribution in [1.29, 1.82) is 5.26 Å². The number of nitrogens with zero attached hydrogens (tertiary/aromatic N) is 4. The molecule has 0 spiro atoms. The summed E-state index contributed by atoms with van der Waals surface area (Å²) in [6, 6.07) is 56.7. The van der Waals surface area contributed by atoms with Gasteiger partial charge in [-0.15, -0.1) is 0 Å². The van der Waals surface area contributed by atoms with Crippen LogP contribution in [-0.4, -0.2) is 9.13 Å². The molecule has 0 saturated heterocycles. The lowest BCUT2D eigenvalue weighted by Gasteiger charge is -2.15. The summed E-state index contributed by atoms with van der Waals surface area (Å²) in [5.74, 6) is 0. The third-order valence-electron chi connectivity index (χ3n) is 9.36. The lowest BCUT2D eigenvalue weighted by Crippen LogP contribution is -1.95. The molecule has 2 heterocycles. The second kappa shape index (κ2) is 10.9. The lowest BCUT2D eigenvalue weighted by molar-refractivity contribution is 1.18. The van der Waals surface area contributed by atoms with Gasteiger partial charge in [-0.2, -0.15) is 5.26 Å². The maximum absolute atomic E-state index is 9.90. The van der Waals surface area contributed by atoms with E-state index in [0.717, 1.165) is 71.9 Å². The molecule has 0 aliphatic carbocycles. The van der Waals surface area contributed by atoms with Gasteiger partial charge in [0.2, 0.25) is 0 Å². The molecule has 0 bridgehead atoms. The van der Waals surface area contributed by atoms with Crippen molar-refractivity contribution in [2.24, 2.45) is 0 Å². The predicted octanol–water partition coefficient (Wildman–Crippen LogP) is 11.6. The number of nitriles is 1. The maximum Gasteiger partial charge on any atom is 0.195 e. The van der Waals surface area contributed by atoms with E-state index in [1.807, 2.05) is 18.2 Å². The average Bonchev–Trinajstić information content (AvgIpc) is 3.66. The largest absolute Gasteiger partial charge is 0.309 e. The lowest BCUT2D eigenvalue weighted by atomic mass is 9.90. The standard InChI is InChI=1S/C44H26N4/c1-46-40-22-20-29(28-45)24-37(40)36-27-44-39(34-17-9-11-19-42(34)48(44)32-14-6-3-7-15-32)26-35(36)30-21-23-43-38(25-30)33-16-8-10-18-41(33)47(43)31-12-4-2-5-13-31/h2-27H. The Morgan fingerprint density at radius 1 is 0.458 bits per heavy atom. The highest BCUT2D eigenvalue weighted by Crippen LogP contribution is 2.45. The summed E-state index contributed by atoms with van der Waals surface area (Å²) in [6.07, 6.45) is 0. The monoisotopic (exact) mass is 610 g/mol. The fourth-order valence-electron chi connectivity index (χ4n) is 7.25. The van der Waals surface area contributed by atoms with Gasteiger partial charge in [-0.3, -0.25) is 0 Å². The molecule has 48 heavy (non-hydrogen) atoms. The van der Waals surface area contributed by atoms with Gasteiger partial charge in [0.15, 0.2) is 5.69 Å². The fraction of sp³-hybridized carbons (Fsp3) is 0. The molecular weight excluding hydrogens is 585 g/mol. The molecule has 0 atom stereocenters. The van der Waals surface area contributed by atoms with Crippen molar-refractivity contribution in [3.05, 3.63) is 175 Å². The van der Waals surface area contributed by atoms with Crippen molar-refractivity contribution in [2.75, 3.05) is 0 Å². The first kappa shape index (κ1) is 27.4. The first-order valence-corrected chi connectivity index (χ1v) is 15.9. The maximum atomic E-state index is 9.90. The summed E-state index contributed by atoms with van der Waals surface area (Å²) in [6.45, 7) is 8.08. The third kappa shape index (κ3) is 4.14. The van der Waals surface area contributed by atoms with Gasteiger partial charge in [0, 0.05) is 32.9 Å². The van der Waals surface area contributed by atoms with Gasteiger partial charge in [0.25, 0.3) is 0 Å². The van der Waals surface area contributed by atoms with Crippen LogP contribution in [0.5, 0.6) is 0 Å². The summed E-state index contributed by atoms with van der Waals surface area (Å²) in [4.78, 5) is 3.92. The van der Waals surface area contributed by atoms with Crippen LogP contribution in [0, 0.1) is 17.9 Å². The van der Waals surface area contributed by atoms with Crippen molar-refractivity contribution in [3.63, 3.8) is 0 Å². The van der Waals surface area contributed by atoms with Crippen molar-refractivity contribution < 1.29 is 0 Å². The van der Waals surface area contributed by atoms with E-state index in [1.165, 1.54) is 5.39 Å². The van der Waals surface area contributed by atoms with E-state index in [2.05, 4.69) is 147 Å². The normalized spacial score (nSPS) is 11.3. The number of rotatable bonds is 4. The second-order valence-electron chi connectivity index (χ2n) is 12.0. The van der Waals surface area contributed by atoms with Gasteiger partial charge in [0.1, 0.15) is 0 Å². The Balaban J connectivity index is 1.40. The van der Waals surface area contributed by atoms with E-state index in [-0.39, 0.29) is 0 Å². The third-order valence-corrected chi connectivity index (χ3v) is 9.36. The first-order chi connectivity index (χ1) is 23.7. The van der Waals surface area contributed by atoms with Crippen LogP contribution in [0.3, 0.4) is 0 Å². The number of benzene rings is 7. The molecule has 0 aliphatic heterocycles. The molecule has 7 aromatic carbocycles. The van der Waals surface area contributed by atoms with Crippen LogP contribution in [0.15, 0.2) is 158 Å². The minimum atomic E-state index is 0.513. The Morgan fingerprint density at radius 3 is 1.65 bits per heavy atom. The number of aromatic nitrogens is 2. The van der Waals surface area contributed by atoms with E-state index in [0.29, 0.717) is 11.3 Å². The molecule has 0 fully saturated rings. The summed E-state index contributed by atoms with van der Waals surface area (Å²) >= 11 is 0. The Labute approximate surface area is 277 Å². The topological polar surface area (TPSA) is 38.0 Å². The fourth-order valence-corrected chi connectivity index (χ4v) is 7.25. The van der Waals surface area contributed by atoms with Crippen LogP contribution in [0.1, 0.15) is 5.56 Å². The van der Waals surface area contributed by atoms with Gasteiger partial charge in [-0.1, -0.05) is 91.0 Å². The van der Waals surface area contributed by atoms with Crippen LogP contribution in [0.4, 0.5) is 5.69 Å². The molecule has 0 unspecified atom stereocenters. The Bertz CT molecular complexity index is 2790. The van der Waals surface area contributed by atoms with Crippen molar-refractivity contribution in [3.8, 4) is 39.7 Å². The molecule has 0 N–H and O–H groups in total. The number of fused-ring (bicyclic) bond motifs is 6. The highest BCUT2D eigenvalue weighted by molar-refractivity contribution is 6.15. The molecule has 0 saturated carbocycles. The molecule has 9 rings (SSSR count). The van der Waals surface area contributed by atoms with E-state index in [9.17, 15) is 5.26 Å². The molecule has 0 radical (unpaired) electrons. The summed E-state index contributed by atoms with van der Waals surface area (Å²) in [5.41, 5.74) is 11.4. The van der Waals surface area contributed by atoms with Gasteiger partial charge in [-0.25, -0.2) is 4.85 Å². The van der Waals surface area contributed by atoms with Crippen LogP contribution in [-0.2, 0) is 0 Å². The minimum Gasteiger partial charge on any atom is -0.309 e. The molecule has 4 nitrogen and oxygen atoms in total. The molecular formula is C44H26N4. The zero-order chi connectivity index (χ0) is 32.2. The molecule has 2 aromatic heterocycles. The van der Waals surface area contributed by atoms with E-state index in [1.54, 1.807) is 12.1 Å². The highest BCUT2D eigenvalue weighted by Gasteiger charge is 2.20. The Kier molecular flexibility index (Phi) is 6.22. The van der Waals surface area contributed by atoms with E-state index in [4.69, 9.17) is 6.57 Å². The molecule has 222 valence electrons. The number of para-hydroxylation sites is 4. The van der Waals surface area contributed by atoms with Crippen LogP contribution in [0.2, 0.25) is 0 Å². The molecule has 4 heteroatoms. The molecule has 9 aromatic rings. The Hall–Kier alpha value is -6.88. The average molecular weight is 611 g/mol. The number of hydrogen-bond acceptors (Lipinski definition) is 1. The summed E-state index contributed by atoms with van der Waals surface area (Å²) in [5, 5.41) is 14.5. The van der Waals surface area contributed by atoms with Gasteiger partial charge in [-0.05, 0) is 89.0 Å². The summed E-state index contributed by atoms with van der Waals surface area (Å²) in [7, 11) is 0. The van der Waals surface area contributed by atoms with Gasteiger partial charge in [0.05, 0.1) is 40.3 Å². The predicted molar refractivity (Wildman–Crippen MR) is 197 cm³/mol. The minimum absolute atomic E-state index is 0.513. The smallest absolute Gasteiger partial charge is 0.195 e. The van der Waals surface area contributed by atoms with Gasteiger partial charge < -0.3 is 9.13 Å². The van der Waals surface area contributed by atoms with Crippen molar-refractivity contribution in [2.45, 2.75) is 0 Å². The highest BCUT2D eigenvalue weighted by atomic mass is 15.0. The SMILES string of the molecule is [C-]#[N+]c1ccc(C#N)cc1-c1cc2c(cc1-c1ccc3c(c1)c1ccccc1n3-c1ccccc1)c1ccccc1n2-c1ccccc1. The zero-order valence-corrected chi connectivity index (χ0v) is 25.8. The van der Waals surface area contributed by atoms with Crippen LogP contribution >= 0.6 is 0 Å². The van der Waals surface area contributed by atoms with E-state index >= 15 is 0 Å². The molecule has 0 amide bonds. The summed E-state index contributed by atoms with van der Waals surface area (Å²) < 4.78 is 4.61.